The molecule has 239 valence electrons. The normalized spacial score (nSPS) is 12.1. The largest absolute Gasteiger partial charge is 2.00 e. The molecule has 0 heterocycles. The average Bonchev–Trinajstić information content (AvgIpc) is 2.79. The van der Waals surface area contributed by atoms with E-state index in [1.165, 1.54) is 7.11 Å². The average molecular weight is 622 g/mol. The van der Waals surface area contributed by atoms with Crippen molar-refractivity contribution in [3.8, 4) is 11.5 Å². The van der Waals surface area contributed by atoms with Crippen molar-refractivity contribution in [2.75, 3.05) is 20.8 Å². The van der Waals surface area contributed by atoms with E-state index in [0.29, 0.717) is 11.1 Å². The van der Waals surface area contributed by atoms with Gasteiger partial charge in [0, 0.05) is 31.6 Å². The van der Waals surface area contributed by atoms with Crippen LogP contribution in [0.3, 0.4) is 0 Å². The third-order valence-corrected chi connectivity index (χ3v) is 7.05. The molecule has 0 spiro atoms. The second-order valence-corrected chi connectivity index (χ2v) is 14.7. The Bertz CT molecular complexity index is 1080. The van der Waals surface area contributed by atoms with Gasteiger partial charge < -0.3 is 25.5 Å². The van der Waals surface area contributed by atoms with E-state index < -0.39 is 5.97 Å². The first-order valence-corrected chi connectivity index (χ1v) is 14.0. The van der Waals surface area contributed by atoms with Crippen molar-refractivity contribution in [1.82, 2.24) is 4.90 Å². The van der Waals surface area contributed by atoms with Gasteiger partial charge in [0.05, 0.1) is 13.7 Å². The van der Waals surface area contributed by atoms with Gasteiger partial charge >= 0.3 is 5.97 Å². The topological polar surface area (TPSA) is 127 Å². The Morgan fingerprint density at radius 1 is 0.667 bits per heavy atom. The number of carbonyl (C=O) groups excluding carboxylic acids is 1. The molecule has 0 saturated carbocycles. The van der Waals surface area contributed by atoms with Gasteiger partial charge in [0.15, 0.2) is 0 Å². The summed E-state index contributed by atoms with van der Waals surface area (Å²) in [7, 11) is 2.11. The fourth-order valence-electron chi connectivity index (χ4n) is 4.49. The monoisotopic (exact) mass is 621 g/mol. The van der Waals surface area contributed by atoms with Gasteiger partial charge in [-0.2, -0.15) is 7.11 Å². The van der Waals surface area contributed by atoms with Crippen LogP contribution in [0.15, 0.2) is 24.3 Å². The molecule has 0 amide bonds. The second-order valence-electron chi connectivity index (χ2n) is 14.7. The quantitative estimate of drug-likeness (QED) is 0.415. The van der Waals surface area contributed by atoms with Crippen LogP contribution in [-0.2, 0) is 68.3 Å². The number of hydrogen-bond donors (Lipinski definition) is 0. The molecule has 2 aromatic rings. The summed E-state index contributed by atoms with van der Waals surface area (Å²) >= 11 is 0. The summed E-state index contributed by atoms with van der Waals surface area (Å²) in [5.74, 6) is -0.431. The van der Waals surface area contributed by atoms with E-state index in [1.54, 1.807) is 0 Å². The van der Waals surface area contributed by atoms with Gasteiger partial charge in [-0.15, -0.1) is 11.5 Å². The zero-order chi connectivity index (χ0) is 31.4. The number of hydrogen-bond acceptors (Lipinski definition) is 6. The van der Waals surface area contributed by atoms with Crippen molar-refractivity contribution in [2.45, 2.75) is 118 Å². The summed E-state index contributed by atoms with van der Waals surface area (Å²) in [5.41, 5.74) is 3.95. The Kier molecular flexibility index (Phi) is 15.7. The number of rotatable bonds is 6. The summed E-state index contributed by atoms with van der Waals surface area (Å²) in [6.45, 7) is 25.5. The Morgan fingerprint density at radius 3 is 1.21 bits per heavy atom. The van der Waals surface area contributed by atoms with Crippen molar-refractivity contribution in [1.29, 1.82) is 0 Å². The van der Waals surface area contributed by atoms with Gasteiger partial charge in [0.25, 0.3) is 0 Å². The van der Waals surface area contributed by atoms with E-state index in [-0.39, 0.29) is 76.8 Å². The van der Waals surface area contributed by atoms with E-state index in [0.717, 1.165) is 29.4 Å². The molecule has 0 atom stereocenters. The van der Waals surface area contributed by atoms with Crippen molar-refractivity contribution in [3.05, 3.63) is 57.6 Å². The number of esters is 1. The fraction of sp³-hybridized carbons (Fsp3) is 0.618. The van der Waals surface area contributed by atoms with Crippen LogP contribution in [0.5, 0.6) is 11.5 Å². The fourth-order valence-corrected chi connectivity index (χ4v) is 4.49. The first kappa shape index (κ1) is 42.1. The zero-order valence-electron chi connectivity index (χ0n) is 28.3. The van der Waals surface area contributed by atoms with E-state index in [4.69, 9.17) is 9.84 Å². The molecule has 0 aliphatic rings. The molecule has 0 N–H and O–H groups in total. The van der Waals surface area contributed by atoms with Crippen molar-refractivity contribution in [3.63, 3.8) is 0 Å². The molecular weight excluding hydrogens is 569 g/mol. The van der Waals surface area contributed by atoms with E-state index in [1.807, 2.05) is 70.7 Å². The van der Waals surface area contributed by atoms with Crippen LogP contribution in [0.2, 0.25) is 0 Å². The molecule has 2 aromatic carbocycles. The van der Waals surface area contributed by atoms with Gasteiger partial charge in [0.2, 0.25) is 0 Å². The Balaban J connectivity index is 0. The second kappa shape index (κ2) is 15.6. The maximum absolute atomic E-state index is 13.7. The SMILES string of the molecule is COC(=O)CN(Cc1cc(C(C)(C)C)cc(C(C)(C)C)c1[O-])Cc1cc(C(C)(C)C)cc(C(C)(C)C)c1[O-].C[O-].[O-2].[V]. The molecule has 7 nitrogen and oxygen atoms in total. The molecule has 0 saturated heterocycles. The Morgan fingerprint density at radius 2 is 0.976 bits per heavy atom. The van der Waals surface area contributed by atoms with Gasteiger partial charge in [0.1, 0.15) is 0 Å². The molecule has 0 aliphatic heterocycles. The maximum atomic E-state index is 13.7. The van der Waals surface area contributed by atoms with Crippen LogP contribution in [0.25, 0.3) is 0 Å². The van der Waals surface area contributed by atoms with E-state index in [2.05, 4.69) is 41.5 Å². The molecule has 0 fully saturated rings. The number of ether oxygens (including phenoxy) is 1. The van der Waals surface area contributed by atoms with Gasteiger partial charge in [-0.25, -0.2) is 0 Å². The predicted octanol–water partition coefficient (Wildman–Crippen LogP) is 5.05. The van der Waals surface area contributed by atoms with Gasteiger partial charge in [-0.05, 0) is 55.0 Å². The molecule has 42 heavy (non-hydrogen) atoms. The molecule has 8 heteroatoms. The van der Waals surface area contributed by atoms with Crippen LogP contribution < -0.4 is 15.3 Å². The number of benzene rings is 2. The molecule has 0 bridgehead atoms. The number of nitrogens with zero attached hydrogens (tertiary/aromatic N) is 1. The Labute approximate surface area is 266 Å². The summed E-state index contributed by atoms with van der Waals surface area (Å²) in [6, 6.07) is 7.97. The molecule has 0 aliphatic carbocycles. The predicted molar refractivity (Wildman–Crippen MR) is 159 cm³/mol. The zero-order valence-corrected chi connectivity index (χ0v) is 29.7. The van der Waals surface area contributed by atoms with E-state index >= 15 is 0 Å². The first-order valence-electron chi connectivity index (χ1n) is 14.0. The summed E-state index contributed by atoms with van der Waals surface area (Å²) in [4.78, 5) is 14.3. The third-order valence-electron chi connectivity index (χ3n) is 7.05. The van der Waals surface area contributed by atoms with Crippen LogP contribution in [0.1, 0.15) is 116 Å². The number of carbonyl (C=O) groups is 1. The Hall–Kier alpha value is -2.03. The maximum Gasteiger partial charge on any atom is 0.319 e. The summed E-state index contributed by atoms with van der Waals surface area (Å²) in [5, 5.41) is 35.6. The van der Waals surface area contributed by atoms with Crippen LogP contribution in [0.4, 0.5) is 0 Å². The van der Waals surface area contributed by atoms with Crippen molar-refractivity contribution < 1.29 is 48.9 Å². The minimum Gasteiger partial charge on any atom is -2.00 e. The van der Waals surface area contributed by atoms with Gasteiger partial charge in [-0.3, -0.25) is 9.69 Å². The molecule has 2 rings (SSSR count). The van der Waals surface area contributed by atoms with Crippen molar-refractivity contribution >= 4 is 5.97 Å². The molecule has 1 radical (unpaired) electrons. The minimum absolute atomic E-state index is 0. The van der Waals surface area contributed by atoms with Crippen molar-refractivity contribution in [2.24, 2.45) is 0 Å². The summed E-state index contributed by atoms with van der Waals surface area (Å²) < 4.78 is 4.99. The van der Waals surface area contributed by atoms with Gasteiger partial charge in [-0.1, -0.05) is 107 Å². The molecule has 0 unspecified atom stereocenters. The molecule has 0 aromatic heterocycles. The first-order chi connectivity index (χ1) is 18.1. The summed E-state index contributed by atoms with van der Waals surface area (Å²) in [6.07, 6.45) is 0. The smallest absolute Gasteiger partial charge is 0.319 e. The standard InChI is InChI=1S/C33H51NO4.CH3O.O.V/c1-30(2,3)23-14-21(28(36)25(16-23)32(7,8)9)18-34(20-27(35)38-13)19-22-15-24(31(4,5)6)17-26(29(22)37)33(10,11)12;1-2;;/h14-17,36-37H,18-20H2,1-13H3;1H3;;/q;-1;-2;/p-2. The van der Waals surface area contributed by atoms with Crippen LogP contribution >= 0.6 is 0 Å². The molecular formula is C34H52NO6V-5. The van der Waals surface area contributed by atoms with E-state index in [9.17, 15) is 15.0 Å². The third kappa shape index (κ3) is 11.2. The minimum atomic E-state index is -0.407. The van der Waals surface area contributed by atoms with Crippen LogP contribution in [-0.4, -0.2) is 31.6 Å². The van der Waals surface area contributed by atoms with Crippen LogP contribution in [0, 0.1) is 0 Å². The number of methoxy groups -OCH3 is 1.